The zero-order valence-corrected chi connectivity index (χ0v) is 11.5. The molecule has 3 aromatic heterocycles. The van der Waals surface area contributed by atoms with E-state index in [0.717, 1.165) is 21.1 Å². The van der Waals surface area contributed by atoms with E-state index in [-0.39, 0.29) is 0 Å². The highest BCUT2D eigenvalue weighted by Crippen LogP contribution is 2.36. The normalized spacial score (nSPS) is 10.5. The van der Waals surface area contributed by atoms with Crippen LogP contribution >= 0.6 is 22.9 Å². The maximum atomic E-state index is 5.95. The summed E-state index contributed by atoms with van der Waals surface area (Å²) in [5.74, 6) is 0.540. The second-order valence-electron chi connectivity index (χ2n) is 3.79. The van der Waals surface area contributed by atoms with Gasteiger partial charge in [-0.25, -0.2) is 4.98 Å². The quantitative estimate of drug-likeness (QED) is 0.772. The van der Waals surface area contributed by atoms with Crippen molar-refractivity contribution in [3.8, 4) is 11.1 Å². The highest BCUT2D eigenvalue weighted by Gasteiger charge is 2.13. The third-order valence-corrected chi connectivity index (χ3v) is 4.17. The van der Waals surface area contributed by atoms with E-state index in [4.69, 9.17) is 5.73 Å². The van der Waals surface area contributed by atoms with Gasteiger partial charge >= 0.3 is 0 Å². The van der Waals surface area contributed by atoms with E-state index in [1.807, 2.05) is 17.5 Å². The summed E-state index contributed by atoms with van der Waals surface area (Å²) in [7, 11) is 0. The van der Waals surface area contributed by atoms with Crippen molar-refractivity contribution in [2.24, 2.45) is 0 Å². The van der Waals surface area contributed by atoms with Crippen LogP contribution in [-0.2, 0) is 6.54 Å². The lowest BCUT2D eigenvalue weighted by Crippen LogP contribution is -1.99. The maximum Gasteiger partial charge on any atom is 0.147 e. The molecule has 0 saturated heterocycles. The number of anilines is 2. The number of nitrogen functional groups attached to an aromatic ring is 1. The smallest absolute Gasteiger partial charge is 0.147 e. The van der Waals surface area contributed by atoms with Gasteiger partial charge in [0, 0.05) is 24.0 Å². The molecule has 0 aromatic carbocycles. The van der Waals surface area contributed by atoms with Crippen LogP contribution in [0.3, 0.4) is 0 Å². The first-order valence-electron chi connectivity index (χ1n) is 5.62. The molecule has 0 aliphatic heterocycles. The van der Waals surface area contributed by atoms with Crippen molar-refractivity contribution in [2.45, 2.75) is 6.54 Å². The van der Waals surface area contributed by atoms with Crippen molar-refractivity contribution >= 4 is 33.7 Å². The fraction of sp³-hybridized carbons (Fsp3) is 0.0833. The molecule has 3 heterocycles. The van der Waals surface area contributed by atoms with Gasteiger partial charge in [-0.05, 0) is 29.2 Å². The van der Waals surface area contributed by atoms with Gasteiger partial charge in [0.1, 0.15) is 15.8 Å². The second-order valence-corrected chi connectivity index (χ2v) is 5.54. The van der Waals surface area contributed by atoms with E-state index < -0.39 is 0 Å². The third-order valence-electron chi connectivity index (χ3n) is 2.57. The fourth-order valence-corrected chi connectivity index (χ4v) is 3.00. The van der Waals surface area contributed by atoms with Crippen molar-refractivity contribution in [1.29, 1.82) is 0 Å². The number of pyridine rings is 1. The molecule has 0 atom stereocenters. The number of hydrogen-bond acceptors (Lipinski definition) is 7. The molecular formula is C12H11N5S2. The molecule has 0 spiro atoms. The molecule has 19 heavy (non-hydrogen) atoms. The Bertz CT molecular complexity index is 648. The molecule has 0 unspecified atom stereocenters. The number of thiazole rings is 1. The molecule has 3 rings (SSSR count). The van der Waals surface area contributed by atoms with Crippen LogP contribution in [0.15, 0.2) is 36.1 Å². The largest absolute Gasteiger partial charge is 0.382 e. The molecule has 0 bridgehead atoms. The van der Waals surface area contributed by atoms with Gasteiger partial charge in [0.15, 0.2) is 0 Å². The van der Waals surface area contributed by atoms with E-state index in [9.17, 15) is 0 Å². The summed E-state index contributed by atoms with van der Waals surface area (Å²) < 4.78 is 4.21. The number of nitrogens with one attached hydrogen (secondary N) is 1. The summed E-state index contributed by atoms with van der Waals surface area (Å²) in [4.78, 5) is 8.25. The Hall–Kier alpha value is -1.99. The van der Waals surface area contributed by atoms with Crippen LogP contribution in [0.5, 0.6) is 0 Å². The minimum atomic E-state index is 0.540. The van der Waals surface area contributed by atoms with Gasteiger partial charge in [-0.2, -0.15) is 4.37 Å². The number of nitrogens with zero attached hydrogens (tertiary/aromatic N) is 3. The standard InChI is InChI=1S/C12H11N5S2/c13-11-10(8-1-3-14-4-2-8)12(19-17-11)16-7-9-15-5-6-18-9/h1-6,16H,7H2,(H2,13,17). The summed E-state index contributed by atoms with van der Waals surface area (Å²) in [5, 5.41) is 7.29. The van der Waals surface area contributed by atoms with Gasteiger partial charge in [-0.1, -0.05) is 0 Å². The van der Waals surface area contributed by atoms with E-state index in [1.165, 1.54) is 11.5 Å². The Kier molecular flexibility index (Phi) is 3.39. The number of nitrogens with two attached hydrogens (primary N) is 1. The van der Waals surface area contributed by atoms with Gasteiger partial charge in [-0.3, -0.25) is 4.98 Å². The summed E-state index contributed by atoms with van der Waals surface area (Å²) in [5.41, 5.74) is 7.90. The predicted octanol–water partition coefficient (Wildman–Crippen LogP) is 2.86. The molecule has 7 heteroatoms. The summed E-state index contributed by atoms with van der Waals surface area (Å²) in [6.07, 6.45) is 5.29. The maximum absolute atomic E-state index is 5.95. The van der Waals surface area contributed by atoms with E-state index in [0.29, 0.717) is 12.4 Å². The molecular weight excluding hydrogens is 278 g/mol. The lowest BCUT2D eigenvalue weighted by atomic mass is 10.1. The van der Waals surface area contributed by atoms with Gasteiger partial charge in [0.25, 0.3) is 0 Å². The number of aromatic nitrogens is 3. The highest BCUT2D eigenvalue weighted by atomic mass is 32.1. The summed E-state index contributed by atoms with van der Waals surface area (Å²) in [6.45, 7) is 0.678. The van der Waals surface area contributed by atoms with Crippen LogP contribution in [0.2, 0.25) is 0 Å². The predicted molar refractivity (Wildman–Crippen MR) is 79.2 cm³/mol. The highest BCUT2D eigenvalue weighted by molar-refractivity contribution is 7.11. The second kappa shape index (κ2) is 5.33. The molecule has 0 saturated carbocycles. The molecule has 0 aliphatic rings. The average molecular weight is 289 g/mol. The zero-order chi connectivity index (χ0) is 13.1. The van der Waals surface area contributed by atoms with Gasteiger partial charge in [0.2, 0.25) is 0 Å². The third kappa shape index (κ3) is 2.56. The average Bonchev–Trinajstić information content (AvgIpc) is 3.07. The van der Waals surface area contributed by atoms with Crippen LogP contribution in [0.4, 0.5) is 10.8 Å². The molecule has 96 valence electrons. The van der Waals surface area contributed by atoms with Crippen LogP contribution in [0, 0.1) is 0 Å². The van der Waals surface area contributed by atoms with E-state index >= 15 is 0 Å². The van der Waals surface area contributed by atoms with Crippen molar-refractivity contribution in [1.82, 2.24) is 14.3 Å². The van der Waals surface area contributed by atoms with Crippen LogP contribution in [0.1, 0.15) is 5.01 Å². The summed E-state index contributed by atoms with van der Waals surface area (Å²) in [6, 6.07) is 3.85. The fourth-order valence-electron chi connectivity index (χ4n) is 1.72. The van der Waals surface area contributed by atoms with E-state index in [1.54, 1.807) is 29.9 Å². The topological polar surface area (TPSA) is 76.7 Å². The number of rotatable bonds is 4. The Morgan fingerprint density at radius 2 is 2.05 bits per heavy atom. The zero-order valence-electron chi connectivity index (χ0n) is 9.91. The van der Waals surface area contributed by atoms with Crippen molar-refractivity contribution in [3.63, 3.8) is 0 Å². The molecule has 5 nitrogen and oxygen atoms in total. The Morgan fingerprint density at radius 3 is 2.79 bits per heavy atom. The van der Waals surface area contributed by atoms with Gasteiger partial charge < -0.3 is 11.1 Å². The Balaban J connectivity index is 1.87. The van der Waals surface area contributed by atoms with Crippen molar-refractivity contribution < 1.29 is 0 Å². The lowest BCUT2D eigenvalue weighted by molar-refractivity contribution is 1.11. The minimum absolute atomic E-state index is 0.540. The van der Waals surface area contributed by atoms with Gasteiger partial charge in [0.05, 0.1) is 12.1 Å². The van der Waals surface area contributed by atoms with Crippen molar-refractivity contribution in [2.75, 3.05) is 11.1 Å². The van der Waals surface area contributed by atoms with Gasteiger partial charge in [-0.15, -0.1) is 11.3 Å². The molecule has 3 aromatic rings. The molecule has 3 N–H and O–H groups in total. The Labute approximate surface area is 118 Å². The molecule has 0 fully saturated rings. The lowest BCUT2D eigenvalue weighted by Gasteiger charge is -2.05. The first kappa shape index (κ1) is 12.1. The summed E-state index contributed by atoms with van der Waals surface area (Å²) >= 11 is 2.98. The molecule has 0 amide bonds. The first-order valence-corrected chi connectivity index (χ1v) is 7.27. The van der Waals surface area contributed by atoms with E-state index in [2.05, 4.69) is 19.7 Å². The molecule has 0 radical (unpaired) electrons. The monoisotopic (exact) mass is 289 g/mol. The molecule has 0 aliphatic carbocycles. The minimum Gasteiger partial charge on any atom is -0.382 e. The SMILES string of the molecule is Nc1nsc(NCc2nccs2)c1-c1ccncc1. The van der Waals surface area contributed by atoms with Crippen LogP contribution in [0.25, 0.3) is 11.1 Å². The Morgan fingerprint density at radius 1 is 1.21 bits per heavy atom. The number of hydrogen-bond donors (Lipinski definition) is 2. The van der Waals surface area contributed by atoms with Crippen LogP contribution in [-0.4, -0.2) is 14.3 Å². The van der Waals surface area contributed by atoms with Crippen LogP contribution < -0.4 is 11.1 Å². The van der Waals surface area contributed by atoms with Crippen molar-refractivity contribution in [3.05, 3.63) is 41.1 Å². The first-order chi connectivity index (χ1) is 9.34.